The number of nitro benzene ring substituents is 1. The minimum Gasteiger partial charge on any atom is -0.315 e. The van der Waals surface area contributed by atoms with Gasteiger partial charge in [-0.15, -0.1) is 0 Å². The van der Waals surface area contributed by atoms with E-state index in [0.29, 0.717) is 11.4 Å². The molecule has 0 aliphatic carbocycles. The predicted octanol–water partition coefficient (Wildman–Crippen LogP) is 1.46. The Morgan fingerprint density at radius 1 is 1.47 bits per heavy atom. The van der Waals surface area contributed by atoms with Crippen LogP contribution in [0.4, 0.5) is 5.69 Å². The number of nitrogens with one attached hydrogen (secondary N) is 1. The molecule has 1 heterocycles. The molecule has 2 aromatic rings. The van der Waals surface area contributed by atoms with Crippen LogP contribution in [0.2, 0.25) is 0 Å². The van der Waals surface area contributed by atoms with E-state index in [1.807, 2.05) is 6.92 Å². The molecular formula is C12H15N5O2. The molecule has 0 aliphatic rings. The molecule has 0 radical (unpaired) electrons. The lowest BCUT2D eigenvalue weighted by Crippen LogP contribution is -2.19. The summed E-state index contributed by atoms with van der Waals surface area (Å²) in [7, 11) is 0. The normalized spacial score (nSPS) is 10.6. The molecule has 0 aliphatic heterocycles. The predicted molar refractivity (Wildman–Crippen MR) is 70.7 cm³/mol. The average molecular weight is 261 g/mol. The summed E-state index contributed by atoms with van der Waals surface area (Å²) in [6.45, 7) is 4.48. The maximum absolute atomic E-state index is 10.7. The van der Waals surface area contributed by atoms with Crippen molar-refractivity contribution >= 4 is 5.69 Å². The second-order valence-electron chi connectivity index (χ2n) is 3.99. The summed E-state index contributed by atoms with van der Waals surface area (Å²) >= 11 is 0. The molecule has 1 aromatic carbocycles. The van der Waals surface area contributed by atoms with Gasteiger partial charge in [0.25, 0.3) is 5.69 Å². The Hall–Kier alpha value is -2.28. The summed E-state index contributed by atoms with van der Waals surface area (Å²) in [6, 6.07) is 6.32. The summed E-state index contributed by atoms with van der Waals surface area (Å²) in [6.07, 6.45) is 1.63. The van der Waals surface area contributed by atoms with Gasteiger partial charge in [-0.2, -0.15) is 5.10 Å². The third kappa shape index (κ3) is 3.35. The SMILES string of the molecule is CCNCCn1cnc(-c2cccc([N+](=O)[O-])c2)n1. The molecule has 0 saturated carbocycles. The minimum atomic E-state index is -0.425. The Labute approximate surface area is 110 Å². The Morgan fingerprint density at radius 2 is 2.32 bits per heavy atom. The van der Waals surface area contributed by atoms with Crippen molar-refractivity contribution in [1.82, 2.24) is 20.1 Å². The lowest BCUT2D eigenvalue weighted by molar-refractivity contribution is -0.384. The average Bonchev–Trinajstić information content (AvgIpc) is 2.88. The number of nitrogens with zero attached hydrogens (tertiary/aromatic N) is 4. The number of benzene rings is 1. The van der Waals surface area contributed by atoms with Gasteiger partial charge in [-0.05, 0) is 6.54 Å². The van der Waals surface area contributed by atoms with Crippen molar-refractivity contribution in [2.45, 2.75) is 13.5 Å². The van der Waals surface area contributed by atoms with Crippen LogP contribution in [0.25, 0.3) is 11.4 Å². The van der Waals surface area contributed by atoms with Crippen molar-refractivity contribution in [1.29, 1.82) is 0 Å². The van der Waals surface area contributed by atoms with Gasteiger partial charge in [-0.3, -0.25) is 14.8 Å². The van der Waals surface area contributed by atoms with Crippen molar-refractivity contribution < 1.29 is 4.92 Å². The van der Waals surface area contributed by atoms with Crippen molar-refractivity contribution in [2.75, 3.05) is 13.1 Å². The highest BCUT2D eigenvalue weighted by Crippen LogP contribution is 2.20. The largest absolute Gasteiger partial charge is 0.315 e. The molecule has 100 valence electrons. The summed E-state index contributed by atoms with van der Waals surface area (Å²) in [5, 5.41) is 18.2. The molecule has 0 unspecified atom stereocenters. The lowest BCUT2D eigenvalue weighted by Gasteiger charge is -2.00. The van der Waals surface area contributed by atoms with E-state index in [1.54, 1.807) is 23.1 Å². The van der Waals surface area contributed by atoms with Gasteiger partial charge in [0.2, 0.25) is 0 Å². The third-order valence-corrected chi connectivity index (χ3v) is 2.62. The van der Waals surface area contributed by atoms with E-state index in [1.165, 1.54) is 12.1 Å². The number of hydrogen-bond donors (Lipinski definition) is 1. The fourth-order valence-corrected chi connectivity index (χ4v) is 1.66. The Bertz CT molecular complexity index is 567. The van der Waals surface area contributed by atoms with Crippen LogP contribution in [0.1, 0.15) is 6.92 Å². The summed E-state index contributed by atoms with van der Waals surface area (Å²) in [4.78, 5) is 14.5. The molecule has 19 heavy (non-hydrogen) atoms. The zero-order chi connectivity index (χ0) is 13.7. The fraction of sp³-hybridized carbons (Fsp3) is 0.333. The van der Waals surface area contributed by atoms with E-state index in [-0.39, 0.29) is 5.69 Å². The van der Waals surface area contributed by atoms with Gasteiger partial charge in [0.05, 0.1) is 11.5 Å². The Kier molecular flexibility index (Phi) is 4.19. The molecule has 7 nitrogen and oxygen atoms in total. The van der Waals surface area contributed by atoms with Crippen LogP contribution in [0.5, 0.6) is 0 Å². The highest BCUT2D eigenvalue weighted by molar-refractivity contribution is 5.58. The lowest BCUT2D eigenvalue weighted by atomic mass is 10.2. The zero-order valence-electron chi connectivity index (χ0n) is 10.6. The molecule has 1 N–H and O–H groups in total. The van der Waals surface area contributed by atoms with Crippen LogP contribution < -0.4 is 5.32 Å². The number of likely N-dealkylation sites (N-methyl/N-ethyl adjacent to an activating group) is 1. The number of non-ortho nitro benzene ring substituents is 1. The maximum Gasteiger partial charge on any atom is 0.270 e. The summed E-state index contributed by atoms with van der Waals surface area (Å²) in [5.41, 5.74) is 0.693. The zero-order valence-corrected chi connectivity index (χ0v) is 10.6. The summed E-state index contributed by atoms with van der Waals surface area (Å²) in [5.74, 6) is 0.500. The third-order valence-electron chi connectivity index (χ3n) is 2.62. The van der Waals surface area contributed by atoms with Crippen molar-refractivity contribution in [3.63, 3.8) is 0 Å². The monoisotopic (exact) mass is 261 g/mol. The molecule has 0 bridgehead atoms. The molecule has 0 amide bonds. The second kappa shape index (κ2) is 6.05. The first-order chi connectivity index (χ1) is 9.20. The molecule has 0 fully saturated rings. The van der Waals surface area contributed by atoms with Gasteiger partial charge in [0, 0.05) is 24.2 Å². The van der Waals surface area contributed by atoms with Crippen LogP contribution in [0.3, 0.4) is 0 Å². The van der Waals surface area contributed by atoms with Gasteiger partial charge in [0.1, 0.15) is 6.33 Å². The van der Waals surface area contributed by atoms with Crippen LogP contribution in [0, 0.1) is 10.1 Å². The van der Waals surface area contributed by atoms with E-state index in [0.717, 1.165) is 19.6 Å². The molecule has 7 heteroatoms. The first kappa shape index (κ1) is 13.2. The van der Waals surface area contributed by atoms with Crippen LogP contribution in [-0.2, 0) is 6.54 Å². The smallest absolute Gasteiger partial charge is 0.270 e. The van der Waals surface area contributed by atoms with Crippen molar-refractivity contribution in [3.05, 3.63) is 40.7 Å². The Morgan fingerprint density at radius 3 is 3.05 bits per heavy atom. The highest BCUT2D eigenvalue weighted by Gasteiger charge is 2.10. The number of hydrogen-bond acceptors (Lipinski definition) is 5. The first-order valence-electron chi connectivity index (χ1n) is 6.05. The van der Waals surface area contributed by atoms with E-state index in [2.05, 4.69) is 15.4 Å². The van der Waals surface area contributed by atoms with Gasteiger partial charge in [0.15, 0.2) is 5.82 Å². The number of nitro groups is 1. The van der Waals surface area contributed by atoms with Crippen LogP contribution in [0.15, 0.2) is 30.6 Å². The molecule has 1 aromatic heterocycles. The van der Waals surface area contributed by atoms with E-state index in [4.69, 9.17) is 0 Å². The Balaban J connectivity index is 2.13. The topological polar surface area (TPSA) is 85.9 Å². The maximum atomic E-state index is 10.7. The molecule has 2 rings (SSSR count). The van der Waals surface area contributed by atoms with Gasteiger partial charge in [-0.1, -0.05) is 19.1 Å². The standard InChI is InChI=1S/C12H15N5O2/c1-2-13-6-7-16-9-14-12(15-16)10-4-3-5-11(8-10)17(18)19/h3-5,8-9,13H,2,6-7H2,1H3. The van der Waals surface area contributed by atoms with Crippen LogP contribution >= 0.6 is 0 Å². The van der Waals surface area contributed by atoms with Crippen molar-refractivity contribution in [2.24, 2.45) is 0 Å². The number of rotatable bonds is 6. The minimum absolute atomic E-state index is 0.0431. The van der Waals surface area contributed by atoms with E-state index < -0.39 is 4.92 Å². The summed E-state index contributed by atoms with van der Waals surface area (Å²) < 4.78 is 1.72. The van der Waals surface area contributed by atoms with E-state index in [9.17, 15) is 10.1 Å². The van der Waals surface area contributed by atoms with Gasteiger partial charge >= 0.3 is 0 Å². The quantitative estimate of drug-likeness (QED) is 0.483. The van der Waals surface area contributed by atoms with Crippen LogP contribution in [-0.4, -0.2) is 32.8 Å². The second-order valence-corrected chi connectivity index (χ2v) is 3.99. The molecular weight excluding hydrogens is 246 g/mol. The molecule has 0 saturated heterocycles. The molecule has 0 spiro atoms. The van der Waals surface area contributed by atoms with Crippen molar-refractivity contribution in [3.8, 4) is 11.4 Å². The number of aromatic nitrogens is 3. The molecule has 0 atom stereocenters. The fourth-order valence-electron chi connectivity index (χ4n) is 1.66. The first-order valence-corrected chi connectivity index (χ1v) is 6.05. The van der Waals surface area contributed by atoms with Gasteiger partial charge < -0.3 is 5.32 Å². The van der Waals surface area contributed by atoms with E-state index >= 15 is 0 Å². The highest BCUT2D eigenvalue weighted by atomic mass is 16.6. The van der Waals surface area contributed by atoms with Gasteiger partial charge in [-0.25, -0.2) is 4.98 Å².